The van der Waals surface area contributed by atoms with E-state index >= 15 is 0 Å². The maximum absolute atomic E-state index is 12.8. The topological polar surface area (TPSA) is 113 Å². The molecule has 0 aromatic heterocycles. The molecule has 36 heavy (non-hydrogen) atoms. The Labute approximate surface area is 204 Å². The zero-order valence-electron chi connectivity index (χ0n) is 19.1. The Morgan fingerprint density at radius 2 is 1.72 bits per heavy atom. The van der Waals surface area contributed by atoms with E-state index in [4.69, 9.17) is 19.5 Å². The minimum atomic E-state index is -4.42. The van der Waals surface area contributed by atoms with Crippen molar-refractivity contribution in [2.24, 2.45) is 5.10 Å². The fourth-order valence-electron chi connectivity index (χ4n) is 3.06. The van der Waals surface area contributed by atoms with E-state index in [-0.39, 0.29) is 40.7 Å². The van der Waals surface area contributed by atoms with Gasteiger partial charge in [0, 0.05) is 11.1 Å². The van der Waals surface area contributed by atoms with Gasteiger partial charge in [0.15, 0.2) is 11.5 Å². The van der Waals surface area contributed by atoms with Crippen molar-refractivity contribution >= 4 is 12.1 Å². The van der Waals surface area contributed by atoms with Gasteiger partial charge in [0.05, 0.1) is 31.6 Å². The van der Waals surface area contributed by atoms with E-state index in [1.807, 2.05) is 0 Å². The number of amides is 1. The molecule has 0 saturated carbocycles. The predicted octanol–water partition coefficient (Wildman–Crippen LogP) is 4.64. The average molecular weight is 499 g/mol. The first-order chi connectivity index (χ1) is 17.2. The Balaban J connectivity index is 1.73. The molecule has 3 rings (SSSR count). The highest BCUT2D eigenvalue weighted by molar-refractivity contribution is 5.95. The molecule has 2 N–H and O–H groups in total. The summed E-state index contributed by atoms with van der Waals surface area (Å²) in [6, 6.07) is 13.3. The van der Waals surface area contributed by atoms with Gasteiger partial charge in [-0.25, -0.2) is 5.43 Å². The van der Waals surface area contributed by atoms with Crippen molar-refractivity contribution in [2.45, 2.75) is 12.8 Å². The number of hydrogen-bond donors (Lipinski definition) is 2. The van der Waals surface area contributed by atoms with Gasteiger partial charge in [-0.05, 0) is 48.0 Å². The van der Waals surface area contributed by atoms with Crippen molar-refractivity contribution in [1.82, 2.24) is 5.43 Å². The zero-order valence-corrected chi connectivity index (χ0v) is 19.1. The number of hydrogen-bond acceptors (Lipinski definition) is 7. The Morgan fingerprint density at radius 3 is 2.28 bits per heavy atom. The molecule has 0 heterocycles. The number of rotatable bonds is 8. The molecule has 0 aliphatic carbocycles. The number of nitrogens with zero attached hydrogens (tertiary/aromatic N) is 2. The standard InChI is InChI=1S/C25H20F3N3O5/c1-34-21-9-16(13-30-31-24(33)17-5-8-20(32)18(11-17)12-29)10-22(35-2)23(21)36-14-15-3-6-19(7-4-15)25(26,27)28/h3-11,13,32H,14H2,1-2H3,(H,31,33). The summed E-state index contributed by atoms with van der Waals surface area (Å²) in [5, 5.41) is 22.4. The largest absolute Gasteiger partial charge is 0.507 e. The molecule has 0 atom stereocenters. The maximum Gasteiger partial charge on any atom is 0.416 e. The van der Waals surface area contributed by atoms with Crippen LogP contribution in [0.25, 0.3) is 0 Å². The van der Waals surface area contributed by atoms with Crippen LogP contribution in [0, 0.1) is 11.3 Å². The molecular formula is C25H20F3N3O5. The van der Waals surface area contributed by atoms with Gasteiger partial charge in [0.2, 0.25) is 5.75 Å². The zero-order chi connectivity index (χ0) is 26.3. The normalized spacial score (nSPS) is 11.1. The van der Waals surface area contributed by atoms with E-state index in [0.717, 1.165) is 12.1 Å². The van der Waals surface area contributed by atoms with Crippen molar-refractivity contribution in [3.05, 3.63) is 82.4 Å². The Morgan fingerprint density at radius 1 is 1.08 bits per heavy atom. The second-order valence-electron chi connectivity index (χ2n) is 7.28. The van der Waals surface area contributed by atoms with Crippen molar-refractivity contribution in [2.75, 3.05) is 14.2 Å². The van der Waals surface area contributed by atoms with Crippen LogP contribution in [0.15, 0.2) is 59.7 Å². The van der Waals surface area contributed by atoms with Gasteiger partial charge in [0.1, 0.15) is 18.4 Å². The first-order valence-electron chi connectivity index (χ1n) is 10.3. The summed E-state index contributed by atoms with van der Waals surface area (Å²) in [7, 11) is 2.81. The number of halogens is 3. The lowest BCUT2D eigenvalue weighted by molar-refractivity contribution is -0.137. The minimum Gasteiger partial charge on any atom is -0.507 e. The number of carbonyl (C=O) groups is 1. The Bertz CT molecular complexity index is 1290. The lowest BCUT2D eigenvalue weighted by Crippen LogP contribution is -2.17. The van der Waals surface area contributed by atoms with Crippen LogP contribution in [0.1, 0.15) is 32.6 Å². The Kier molecular flexibility index (Phi) is 8.01. The van der Waals surface area contributed by atoms with E-state index in [1.165, 1.54) is 50.8 Å². The van der Waals surface area contributed by atoms with Gasteiger partial charge in [-0.15, -0.1) is 0 Å². The molecule has 0 bridgehead atoms. The second kappa shape index (κ2) is 11.1. The van der Waals surface area contributed by atoms with Crippen molar-refractivity contribution in [1.29, 1.82) is 5.26 Å². The molecule has 0 aliphatic heterocycles. The van der Waals surface area contributed by atoms with Crippen LogP contribution in [0.4, 0.5) is 13.2 Å². The van der Waals surface area contributed by atoms with Gasteiger partial charge >= 0.3 is 6.18 Å². The maximum atomic E-state index is 12.8. The number of phenols is 1. The van der Waals surface area contributed by atoms with Gasteiger partial charge in [0.25, 0.3) is 5.91 Å². The van der Waals surface area contributed by atoms with E-state index < -0.39 is 17.6 Å². The molecule has 0 spiro atoms. The lowest BCUT2D eigenvalue weighted by atomic mass is 10.1. The van der Waals surface area contributed by atoms with Crippen molar-refractivity contribution in [3.8, 4) is 29.1 Å². The quantitative estimate of drug-likeness (QED) is 0.345. The molecule has 0 aliphatic rings. The fourth-order valence-corrected chi connectivity index (χ4v) is 3.06. The SMILES string of the molecule is COc1cc(C=NNC(=O)c2ccc(O)c(C#N)c2)cc(OC)c1OCc1ccc(C(F)(F)F)cc1. The highest BCUT2D eigenvalue weighted by Gasteiger charge is 2.30. The minimum absolute atomic E-state index is 0.0360. The van der Waals surface area contributed by atoms with E-state index in [1.54, 1.807) is 18.2 Å². The highest BCUT2D eigenvalue weighted by atomic mass is 19.4. The summed E-state index contributed by atoms with van der Waals surface area (Å²) in [5.74, 6) is -0.0674. The van der Waals surface area contributed by atoms with E-state index in [0.29, 0.717) is 11.1 Å². The number of nitrogens with one attached hydrogen (secondary N) is 1. The van der Waals surface area contributed by atoms with Crippen LogP contribution >= 0.6 is 0 Å². The first-order valence-corrected chi connectivity index (χ1v) is 10.3. The lowest BCUT2D eigenvalue weighted by Gasteiger charge is -2.15. The number of aromatic hydroxyl groups is 1. The monoisotopic (exact) mass is 499 g/mol. The molecule has 11 heteroatoms. The number of benzene rings is 3. The number of phenolic OH excluding ortho intramolecular Hbond substituents is 1. The van der Waals surface area contributed by atoms with Crippen LogP contribution in [0.2, 0.25) is 0 Å². The van der Waals surface area contributed by atoms with Gasteiger partial charge in [-0.2, -0.15) is 23.5 Å². The number of alkyl halides is 3. The first kappa shape index (κ1) is 25.9. The van der Waals surface area contributed by atoms with Gasteiger partial charge in [-0.1, -0.05) is 12.1 Å². The molecule has 8 nitrogen and oxygen atoms in total. The summed E-state index contributed by atoms with van der Waals surface area (Å²) in [6.07, 6.45) is -3.10. The van der Waals surface area contributed by atoms with Crippen LogP contribution in [0.5, 0.6) is 23.0 Å². The molecule has 1 amide bonds. The van der Waals surface area contributed by atoms with Crippen LogP contribution in [-0.2, 0) is 12.8 Å². The van der Waals surface area contributed by atoms with Crippen molar-refractivity contribution < 1.29 is 37.3 Å². The second-order valence-corrected chi connectivity index (χ2v) is 7.28. The third-order valence-electron chi connectivity index (χ3n) is 4.91. The Hall–Kier alpha value is -4.72. The van der Waals surface area contributed by atoms with Crippen LogP contribution in [-0.4, -0.2) is 31.4 Å². The molecule has 0 saturated heterocycles. The van der Waals surface area contributed by atoms with Crippen LogP contribution < -0.4 is 19.6 Å². The van der Waals surface area contributed by atoms with E-state index in [2.05, 4.69) is 10.5 Å². The summed E-state index contributed by atoms with van der Waals surface area (Å²) in [6.45, 7) is -0.0360. The molecule has 0 unspecified atom stereocenters. The number of ether oxygens (including phenoxy) is 3. The fraction of sp³-hybridized carbons (Fsp3) is 0.160. The summed E-state index contributed by atoms with van der Waals surface area (Å²) in [5.41, 5.74) is 2.63. The van der Waals surface area contributed by atoms with Crippen LogP contribution in [0.3, 0.4) is 0 Å². The third kappa shape index (κ3) is 6.24. The summed E-state index contributed by atoms with van der Waals surface area (Å²) in [4.78, 5) is 12.3. The van der Waals surface area contributed by atoms with Gasteiger partial charge in [-0.3, -0.25) is 4.79 Å². The highest BCUT2D eigenvalue weighted by Crippen LogP contribution is 2.39. The number of methoxy groups -OCH3 is 2. The number of carbonyl (C=O) groups excluding carboxylic acids is 1. The van der Waals surface area contributed by atoms with E-state index in [9.17, 15) is 23.1 Å². The third-order valence-corrected chi connectivity index (χ3v) is 4.91. The molecule has 3 aromatic carbocycles. The van der Waals surface area contributed by atoms with Gasteiger partial charge < -0.3 is 19.3 Å². The summed E-state index contributed by atoms with van der Waals surface area (Å²) < 4.78 is 54.7. The smallest absolute Gasteiger partial charge is 0.416 e. The summed E-state index contributed by atoms with van der Waals surface area (Å²) >= 11 is 0. The number of hydrazone groups is 1. The average Bonchev–Trinajstić information content (AvgIpc) is 2.87. The molecule has 0 fully saturated rings. The number of nitriles is 1. The molecule has 3 aromatic rings. The van der Waals surface area contributed by atoms with Crippen molar-refractivity contribution in [3.63, 3.8) is 0 Å². The molecular weight excluding hydrogens is 479 g/mol. The molecule has 0 radical (unpaired) electrons. The predicted molar refractivity (Wildman–Crippen MR) is 123 cm³/mol. The molecule has 186 valence electrons.